The summed E-state index contributed by atoms with van der Waals surface area (Å²) >= 11 is 3.39. The van der Waals surface area contributed by atoms with Crippen molar-refractivity contribution in [1.82, 2.24) is 4.90 Å². The van der Waals surface area contributed by atoms with Crippen molar-refractivity contribution in [3.05, 3.63) is 28.2 Å². The Morgan fingerprint density at radius 2 is 2.28 bits per heavy atom. The number of hydrogen-bond acceptors (Lipinski definition) is 2. The van der Waals surface area contributed by atoms with Crippen molar-refractivity contribution in [2.75, 3.05) is 12.3 Å². The molecule has 1 fully saturated rings. The zero-order valence-corrected chi connectivity index (χ0v) is 12.2. The molecule has 1 heterocycles. The predicted octanol–water partition coefficient (Wildman–Crippen LogP) is 3.44. The molecule has 1 aliphatic rings. The van der Waals surface area contributed by atoms with Crippen molar-refractivity contribution in [2.45, 2.75) is 38.6 Å². The summed E-state index contributed by atoms with van der Waals surface area (Å²) in [5.41, 5.74) is 7.09. The average molecular weight is 311 g/mol. The van der Waals surface area contributed by atoms with Gasteiger partial charge in [-0.3, -0.25) is 4.79 Å². The molecule has 3 nitrogen and oxygen atoms in total. The first-order valence-corrected chi connectivity index (χ1v) is 7.28. The van der Waals surface area contributed by atoms with E-state index in [9.17, 15) is 4.79 Å². The SMILES string of the molecule is CCC1CCCCN1C(=O)c1cc(Br)ccc1N. The standard InChI is InChI=1S/C14H19BrN2O/c1-2-11-5-3-4-8-17(11)14(18)12-9-10(15)6-7-13(12)16/h6-7,9,11H,2-5,8,16H2,1H3. The normalized spacial score (nSPS) is 19.9. The van der Waals surface area contributed by atoms with Gasteiger partial charge in [-0.2, -0.15) is 0 Å². The van der Waals surface area contributed by atoms with E-state index in [0.29, 0.717) is 17.3 Å². The molecule has 1 saturated heterocycles. The van der Waals surface area contributed by atoms with Crippen molar-refractivity contribution < 1.29 is 4.79 Å². The molecule has 0 radical (unpaired) electrons. The zero-order valence-electron chi connectivity index (χ0n) is 10.7. The summed E-state index contributed by atoms with van der Waals surface area (Å²) < 4.78 is 0.894. The first kappa shape index (κ1) is 13.4. The monoisotopic (exact) mass is 310 g/mol. The Labute approximate surface area is 116 Å². The Hall–Kier alpha value is -1.03. The summed E-state index contributed by atoms with van der Waals surface area (Å²) in [5.74, 6) is 0.0698. The number of likely N-dealkylation sites (tertiary alicyclic amines) is 1. The molecule has 1 unspecified atom stereocenters. The molecule has 1 aromatic carbocycles. The molecule has 0 spiro atoms. The van der Waals surface area contributed by atoms with Crippen LogP contribution < -0.4 is 5.73 Å². The molecule has 98 valence electrons. The lowest BCUT2D eigenvalue weighted by molar-refractivity contribution is 0.0609. The summed E-state index contributed by atoms with van der Waals surface area (Å²) in [7, 11) is 0. The van der Waals surface area contributed by atoms with Crippen molar-refractivity contribution in [3.8, 4) is 0 Å². The van der Waals surface area contributed by atoms with Gasteiger partial charge in [0, 0.05) is 22.7 Å². The quantitative estimate of drug-likeness (QED) is 0.851. The van der Waals surface area contributed by atoms with Crippen LogP contribution in [0.25, 0.3) is 0 Å². The molecule has 2 N–H and O–H groups in total. The van der Waals surface area contributed by atoms with E-state index in [1.54, 1.807) is 6.07 Å². The number of nitrogen functional groups attached to an aromatic ring is 1. The maximum absolute atomic E-state index is 12.6. The second-order valence-corrected chi connectivity index (χ2v) is 5.70. The van der Waals surface area contributed by atoms with Gasteiger partial charge in [0.2, 0.25) is 0 Å². The number of carbonyl (C=O) groups is 1. The Morgan fingerprint density at radius 3 is 3.00 bits per heavy atom. The van der Waals surface area contributed by atoms with Crippen LogP contribution in [-0.2, 0) is 0 Å². The Kier molecular flexibility index (Phi) is 4.27. The van der Waals surface area contributed by atoms with Crippen LogP contribution in [0.4, 0.5) is 5.69 Å². The highest BCUT2D eigenvalue weighted by Gasteiger charge is 2.27. The lowest BCUT2D eigenvalue weighted by Crippen LogP contribution is -2.43. The summed E-state index contributed by atoms with van der Waals surface area (Å²) in [6, 6.07) is 5.82. The molecular weight excluding hydrogens is 292 g/mol. The summed E-state index contributed by atoms with van der Waals surface area (Å²) in [4.78, 5) is 14.6. The molecule has 0 aromatic heterocycles. The molecule has 1 aliphatic heterocycles. The smallest absolute Gasteiger partial charge is 0.256 e. The molecule has 4 heteroatoms. The number of anilines is 1. The van der Waals surface area contributed by atoms with E-state index in [1.807, 2.05) is 17.0 Å². The van der Waals surface area contributed by atoms with Gasteiger partial charge in [0.25, 0.3) is 5.91 Å². The number of nitrogens with two attached hydrogens (primary N) is 1. The summed E-state index contributed by atoms with van der Waals surface area (Å²) in [5, 5.41) is 0. The molecule has 1 amide bonds. The Bertz CT molecular complexity index is 447. The second-order valence-electron chi connectivity index (χ2n) is 4.79. The van der Waals surface area contributed by atoms with Gasteiger partial charge in [-0.05, 0) is 43.9 Å². The largest absolute Gasteiger partial charge is 0.398 e. The first-order valence-electron chi connectivity index (χ1n) is 6.49. The topological polar surface area (TPSA) is 46.3 Å². The number of nitrogens with zero attached hydrogens (tertiary/aromatic N) is 1. The van der Waals surface area contributed by atoms with Crippen molar-refractivity contribution in [3.63, 3.8) is 0 Å². The number of piperidine rings is 1. The highest BCUT2D eigenvalue weighted by Crippen LogP contribution is 2.25. The van der Waals surface area contributed by atoms with Gasteiger partial charge in [-0.1, -0.05) is 22.9 Å². The minimum Gasteiger partial charge on any atom is -0.398 e. The van der Waals surface area contributed by atoms with Crippen LogP contribution in [-0.4, -0.2) is 23.4 Å². The van der Waals surface area contributed by atoms with Gasteiger partial charge < -0.3 is 10.6 Å². The fourth-order valence-electron chi connectivity index (χ4n) is 2.56. The second kappa shape index (κ2) is 5.74. The first-order chi connectivity index (χ1) is 8.63. The van der Waals surface area contributed by atoms with Crippen LogP contribution in [0.2, 0.25) is 0 Å². The lowest BCUT2D eigenvalue weighted by atomic mass is 9.98. The number of carbonyl (C=O) groups excluding carboxylic acids is 1. The fraction of sp³-hybridized carbons (Fsp3) is 0.500. The van der Waals surface area contributed by atoms with Crippen molar-refractivity contribution in [2.24, 2.45) is 0 Å². The molecule has 1 atom stereocenters. The fourth-order valence-corrected chi connectivity index (χ4v) is 2.92. The lowest BCUT2D eigenvalue weighted by Gasteiger charge is -2.35. The van der Waals surface area contributed by atoms with Gasteiger partial charge in [0.1, 0.15) is 0 Å². The Morgan fingerprint density at radius 1 is 1.50 bits per heavy atom. The minimum atomic E-state index is 0.0698. The number of amides is 1. The van der Waals surface area contributed by atoms with Crippen molar-refractivity contribution in [1.29, 1.82) is 0 Å². The van der Waals surface area contributed by atoms with E-state index in [-0.39, 0.29) is 5.91 Å². The van der Waals surface area contributed by atoms with Crippen LogP contribution in [0, 0.1) is 0 Å². The van der Waals surface area contributed by atoms with Crippen molar-refractivity contribution >= 4 is 27.5 Å². The molecule has 18 heavy (non-hydrogen) atoms. The highest BCUT2D eigenvalue weighted by atomic mass is 79.9. The van der Waals surface area contributed by atoms with E-state index >= 15 is 0 Å². The van der Waals surface area contributed by atoms with Crippen LogP contribution >= 0.6 is 15.9 Å². The van der Waals surface area contributed by atoms with Gasteiger partial charge in [-0.25, -0.2) is 0 Å². The third-order valence-electron chi connectivity index (χ3n) is 3.60. The van der Waals surface area contributed by atoms with E-state index in [1.165, 1.54) is 6.42 Å². The average Bonchev–Trinajstić information content (AvgIpc) is 2.40. The maximum atomic E-state index is 12.6. The molecule has 0 saturated carbocycles. The third-order valence-corrected chi connectivity index (χ3v) is 4.10. The van der Waals surface area contributed by atoms with E-state index in [2.05, 4.69) is 22.9 Å². The van der Waals surface area contributed by atoms with Gasteiger partial charge in [-0.15, -0.1) is 0 Å². The van der Waals surface area contributed by atoms with Crippen LogP contribution in [0.1, 0.15) is 43.0 Å². The van der Waals surface area contributed by atoms with Gasteiger partial charge in [0.05, 0.1) is 5.56 Å². The molecular formula is C14H19BrN2O. The molecule has 0 bridgehead atoms. The summed E-state index contributed by atoms with van der Waals surface area (Å²) in [6.45, 7) is 2.99. The van der Waals surface area contributed by atoms with Crippen LogP contribution in [0.3, 0.4) is 0 Å². The number of benzene rings is 1. The number of halogens is 1. The third kappa shape index (κ3) is 2.69. The minimum absolute atomic E-state index is 0.0698. The molecule has 0 aliphatic carbocycles. The van der Waals surface area contributed by atoms with Crippen LogP contribution in [0.15, 0.2) is 22.7 Å². The van der Waals surface area contributed by atoms with Gasteiger partial charge >= 0.3 is 0 Å². The zero-order chi connectivity index (χ0) is 13.1. The highest BCUT2D eigenvalue weighted by molar-refractivity contribution is 9.10. The number of hydrogen-bond donors (Lipinski definition) is 1. The molecule has 1 aromatic rings. The van der Waals surface area contributed by atoms with Gasteiger partial charge in [0.15, 0.2) is 0 Å². The summed E-state index contributed by atoms with van der Waals surface area (Å²) in [6.07, 6.45) is 4.43. The van der Waals surface area contributed by atoms with E-state index in [4.69, 9.17) is 5.73 Å². The van der Waals surface area contributed by atoms with Crippen LogP contribution in [0.5, 0.6) is 0 Å². The Balaban J connectivity index is 2.26. The van der Waals surface area contributed by atoms with E-state index in [0.717, 1.165) is 30.3 Å². The predicted molar refractivity (Wildman–Crippen MR) is 77.5 cm³/mol. The molecule has 2 rings (SSSR count). The van der Waals surface area contributed by atoms with E-state index < -0.39 is 0 Å². The number of rotatable bonds is 2. The maximum Gasteiger partial charge on any atom is 0.256 e.